The fraction of sp³-hybridized carbons (Fsp3) is 0.583. The molecule has 1 aliphatic rings. The van der Waals surface area contributed by atoms with E-state index in [1.807, 2.05) is 25.8 Å². The molecule has 1 saturated heterocycles. The lowest BCUT2D eigenvalue weighted by Gasteiger charge is -2.39. The van der Waals surface area contributed by atoms with Crippen molar-refractivity contribution in [2.24, 2.45) is 10.9 Å². The summed E-state index contributed by atoms with van der Waals surface area (Å²) in [4.78, 5) is 11.2. The summed E-state index contributed by atoms with van der Waals surface area (Å²) in [5.74, 6) is 1.52. The molecule has 0 bridgehead atoms. The molecule has 32 heavy (non-hydrogen) atoms. The van der Waals surface area contributed by atoms with Gasteiger partial charge >= 0.3 is 0 Å². The fourth-order valence-electron chi connectivity index (χ4n) is 4.37. The lowest BCUT2D eigenvalue weighted by atomic mass is 9.92. The molecule has 8 heteroatoms. The molecule has 0 amide bonds. The molecule has 1 unspecified atom stereocenters. The van der Waals surface area contributed by atoms with Gasteiger partial charge in [-0.15, -0.1) is 24.0 Å². The first-order valence-corrected chi connectivity index (χ1v) is 11.5. The lowest BCUT2D eigenvalue weighted by molar-refractivity contribution is 0.00272. The molecule has 1 aromatic heterocycles. The van der Waals surface area contributed by atoms with Crippen molar-refractivity contribution >= 4 is 29.9 Å². The van der Waals surface area contributed by atoms with Crippen LogP contribution in [-0.2, 0) is 17.8 Å². The van der Waals surface area contributed by atoms with E-state index in [1.165, 1.54) is 24.0 Å². The minimum atomic E-state index is 0. The molecule has 2 heterocycles. The molecule has 1 atom stereocenters. The van der Waals surface area contributed by atoms with Gasteiger partial charge in [-0.3, -0.25) is 9.89 Å². The highest BCUT2D eigenvalue weighted by Gasteiger charge is 2.26. The zero-order valence-electron chi connectivity index (χ0n) is 19.7. The third kappa shape index (κ3) is 8.04. The Bertz CT molecular complexity index is 788. The molecule has 0 saturated carbocycles. The molecule has 0 spiro atoms. The largest absolute Gasteiger partial charge is 0.379 e. The Kier molecular flexibility index (Phi) is 12.0. The van der Waals surface area contributed by atoms with E-state index in [-0.39, 0.29) is 24.0 Å². The summed E-state index contributed by atoms with van der Waals surface area (Å²) >= 11 is 0. The van der Waals surface area contributed by atoms with Crippen LogP contribution >= 0.6 is 24.0 Å². The van der Waals surface area contributed by atoms with Crippen LogP contribution in [0.2, 0.25) is 0 Å². The van der Waals surface area contributed by atoms with E-state index in [1.54, 1.807) is 0 Å². The average molecular weight is 555 g/mol. The molecule has 2 N–H and O–H groups in total. The first-order valence-electron chi connectivity index (χ1n) is 11.5. The molecule has 3 rings (SSSR count). The van der Waals surface area contributed by atoms with Crippen molar-refractivity contribution < 1.29 is 4.74 Å². The van der Waals surface area contributed by atoms with Gasteiger partial charge in [0.1, 0.15) is 0 Å². The van der Waals surface area contributed by atoms with Crippen molar-refractivity contribution in [2.45, 2.75) is 45.8 Å². The number of ether oxygens (including phenoxy) is 1. The number of aromatic nitrogens is 2. The van der Waals surface area contributed by atoms with Gasteiger partial charge in [-0.25, -0.2) is 4.98 Å². The van der Waals surface area contributed by atoms with Crippen LogP contribution in [0.3, 0.4) is 0 Å². The summed E-state index contributed by atoms with van der Waals surface area (Å²) in [7, 11) is 1.84. The highest BCUT2D eigenvalue weighted by molar-refractivity contribution is 14.0. The SMILES string of the molecule is CCC(CC)C(CNC(=NC)NCc1cccc(Cn2ccnc2)c1)N1CCOCC1.I. The number of nitrogens with zero attached hydrogens (tertiary/aromatic N) is 4. The second kappa shape index (κ2) is 14.5. The number of imidazole rings is 1. The predicted molar refractivity (Wildman–Crippen MR) is 142 cm³/mol. The Morgan fingerprint density at radius 3 is 2.56 bits per heavy atom. The quantitative estimate of drug-likeness (QED) is 0.268. The minimum Gasteiger partial charge on any atom is -0.379 e. The predicted octanol–water partition coefficient (Wildman–Crippen LogP) is 3.35. The highest BCUT2D eigenvalue weighted by atomic mass is 127. The maximum Gasteiger partial charge on any atom is 0.191 e. The smallest absolute Gasteiger partial charge is 0.191 e. The number of aliphatic imine (C=N–C) groups is 1. The Morgan fingerprint density at radius 2 is 1.91 bits per heavy atom. The third-order valence-corrected chi connectivity index (χ3v) is 6.19. The van der Waals surface area contributed by atoms with Gasteiger partial charge in [0.15, 0.2) is 5.96 Å². The summed E-state index contributed by atoms with van der Waals surface area (Å²) < 4.78 is 7.65. The van der Waals surface area contributed by atoms with E-state index >= 15 is 0 Å². The van der Waals surface area contributed by atoms with E-state index in [0.29, 0.717) is 12.0 Å². The first kappa shape index (κ1) is 26.6. The van der Waals surface area contributed by atoms with E-state index in [4.69, 9.17) is 4.74 Å². The topological polar surface area (TPSA) is 66.7 Å². The third-order valence-electron chi connectivity index (χ3n) is 6.19. The Labute approximate surface area is 210 Å². The van der Waals surface area contributed by atoms with E-state index in [9.17, 15) is 0 Å². The maximum absolute atomic E-state index is 5.57. The molecule has 0 radical (unpaired) electrons. The maximum atomic E-state index is 5.57. The highest BCUT2D eigenvalue weighted by Crippen LogP contribution is 2.19. The molecule has 1 aromatic carbocycles. The number of rotatable bonds is 10. The van der Waals surface area contributed by atoms with E-state index in [0.717, 1.165) is 51.9 Å². The van der Waals surface area contributed by atoms with Crippen molar-refractivity contribution in [1.82, 2.24) is 25.1 Å². The molecular formula is C24H39IN6O. The monoisotopic (exact) mass is 554 g/mol. The van der Waals surface area contributed by atoms with Gasteiger partial charge in [0, 0.05) is 58.2 Å². The summed E-state index contributed by atoms with van der Waals surface area (Å²) in [6.07, 6.45) is 8.03. The van der Waals surface area contributed by atoms with Crippen LogP contribution in [-0.4, -0.2) is 66.3 Å². The second-order valence-electron chi connectivity index (χ2n) is 8.15. The Morgan fingerprint density at radius 1 is 1.16 bits per heavy atom. The van der Waals surface area contributed by atoms with Crippen molar-refractivity contribution in [3.05, 3.63) is 54.1 Å². The van der Waals surface area contributed by atoms with Crippen LogP contribution in [0.4, 0.5) is 0 Å². The van der Waals surface area contributed by atoms with Gasteiger partial charge in [-0.1, -0.05) is 51.0 Å². The van der Waals surface area contributed by atoms with Gasteiger partial charge < -0.3 is 19.9 Å². The molecule has 1 fully saturated rings. The average Bonchev–Trinajstić information content (AvgIpc) is 3.32. The normalized spacial score (nSPS) is 15.9. The second-order valence-corrected chi connectivity index (χ2v) is 8.15. The molecule has 2 aromatic rings. The number of benzene rings is 1. The molecule has 178 valence electrons. The summed E-state index contributed by atoms with van der Waals surface area (Å²) in [5.41, 5.74) is 2.51. The van der Waals surface area contributed by atoms with Gasteiger partial charge in [0.2, 0.25) is 0 Å². The Balaban J connectivity index is 0.00000363. The van der Waals surface area contributed by atoms with Gasteiger partial charge in [0.05, 0.1) is 19.5 Å². The zero-order valence-corrected chi connectivity index (χ0v) is 22.0. The molecule has 7 nitrogen and oxygen atoms in total. The Hall–Kier alpha value is -1.65. The van der Waals surface area contributed by atoms with Crippen LogP contribution in [0.25, 0.3) is 0 Å². The summed E-state index contributed by atoms with van der Waals surface area (Å²) in [6, 6.07) is 9.15. The van der Waals surface area contributed by atoms with Crippen molar-refractivity contribution in [3.63, 3.8) is 0 Å². The molecule has 1 aliphatic heterocycles. The number of nitrogens with one attached hydrogen (secondary N) is 2. The van der Waals surface area contributed by atoms with Crippen molar-refractivity contribution in [1.29, 1.82) is 0 Å². The van der Waals surface area contributed by atoms with E-state index < -0.39 is 0 Å². The van der Waals surface area contributed by atoms with Crippen LogP contribution in [0.15, 0.2) is 48.0 Å². The van der Waals surface area contributed by atoms with Crippen LogP contribution in [0.5, 0.6) is 0 Å². The molecular weight excluding hydrogens is 515 g/mol. The molecule has 0 aliphatic carbocycles. The number of halogens is 1. The number of morpholine rings is 1. The van der Waals surface area contributed by atoms with Gasteiger partial charge in [-0.05, 0) is 17.0 Å². The van der Waals surface area contributed by atoms with Crippen molar-refractivity contribution in [3.8, 4) is 0 Å². The minimum absolute atomic E-state index is 0. The van der Waals surface area contributed by atoms with Crippen LogP contribution in [0, 0.1) is 5.92 Å². The summed E-state index contributed by atoms with van der Waals surface area (Å²) in [6.45, 7) is 10.8. The van der Waals surface area contributed by atoms with Crippen LogP contribution in [0.1, 0.15) is 37.8 Å². The standard InChI is InChI=1S/C24H38N6O.HI/c1-4-22(5-2)23(30-11-13-31-14-12-30)17-28-24(25-3)27-16-20-7-6-8-21(15-20)18-29-10-9-26-19-29;/h6-10,15,19,22-23H,4-5,11-14,16-18H2,1-3H3,(H2,25,27,28);1H. The zero-order chi connectivity index (χ0) is 21.9. The number of hydrogen-bond acceptors (Lipinski definition) is 4. The number of hydrogen-bond donors (Lipinski definition) is 2. The van der Waals surface area contributed by atoms with E-state index in [2.05, 4.69) is 68.2 Å². The van der Waals surface area contributed by atoms with Gasteiger partial charge in [0.25, 0.3) is 0 Å². The number of guanidine groups is 1. The summed E-state index contributed by atoms with van der Waals surface area (Å²) in [5, 5.41) is 7.06. The lowest BCUT2D eigenvalue weighted by Crippen LogP contribution is -2.53. The van der Waals surface area contributed by atoms with Gasteiger partial charge in [-0.2, -0.15) is 0 Å². The fourth-order valence-corrected chi connectivity index (χ4v) is 4.37. The van der Waals surface area contributed by atoms with Crippen LogP contribution < -0.4 is 10.6 Å². The first-order chi connectivity index (χ1) is 15.2. The van der Waals surface area contributed by atoms with Crippen molar-refractivity contribution in [2.75, 3.05) is 39.9 Å².